The van der Waals surface area contributed by atoms with Crippen molar-refractivity contribution in [2.24, 2.45) is 17.3 Å². The van der Waals surface area contributed by atoms with Crippen LogP contribution < -0.4 is 10.6 Å². The van der Waals surface area contributed by atoms with Crippen LogP contribution in [-0.2, 0) is 4.79 Å². The first-order valence-corrected chi connectivity index (χ1v) is 9.96. The van der Waals surface area contributed by atoms with Crippen molar-refractivity contribution in [3.63, 3.8) is 0 Å². The van der Waals surface area contributed by atoms with Crippen molar-refractivity contribution in [2.45, 2.75) is 56.4 Å². The zero-order valence-corrected chi connectivity index (χ0v) is 16.0. The van der Waals surface area contributed by atoms with Crippen molar-refractivity contribution >= 4 is 34.8 Å². The zero-order chi connectivity index (χ0) is 17.7. The SMILES string of the molecule is CC(NCC12CC3CC(CC(Cl)(C3)C1)C2)C(=O)Nc1cccnc1Cl. The second-order valence-corrected chi connectivity index (χ2v) is 9.71. The van der Waals surface area contributed by atoms with Crippen LogP contribution in [0.1, 0.15) is 45.4 Å². The maximum absolute atomic E-state index is 12.5. The molecule has 1 heterocycles. The fraction of sp³-hybridized carbons (Fsp3) is 0.684. The monoisotopic (exact) mass is 381 g/mol. The molecule has 136 valence electrons. The summed E-state index contributed by atoms with van der Waals surface area (Å²) in [5, 5.41) is 6.63. The summed E-state index contributed by atoms with van der Waals surface area (Å²) >= 11 is 12.9. The minimum absolute atomic E-state index is 0.0144. The molecule has 0 spiro atoms. The number of pyridine rings is 1. The summed E-state index contributed by atoms with van der Waals surface area (Å²) < 4.78 is 0. The van der Waals surface area contributed by atoms with Gasteiger partial charge < -0.3 is 10.6 Å². The van der Waals surface area contributed by atoms with Gasteiger partial charge in [0.1, 0.15) is 0 Å². The van der Waals surface area contributed by atoms with E-state index in [-0.39, 0.29) is 22.2 Å². The minimum Gasteiger partial charge on any atom is -0.322 e. The van der Waals surface area contributed by atoms with E-state index in [4.69, 9.17) is 23.2 Å². The van der Waals surface area contributed by atoms with Gasteiger partial charge in [0.15, 0.2) is 5.15 Å². The Bertz CT molecular complexity index is 666. The predicted molar refractivity (Wildman–Crippen MR) is 101 cm³/mol. The van der Waals surface area contributed by atoms with Crippen LogP contribution in [0.4, 0.5) is 5.69 Å². The molecule has 1 aromatic heterocycles. The topological polar surface area (TPSA) is 54.0 Å². The first-order valence-electron chi connectivity index (χ1n) is 9.20. The van der Waals surface area contributed by atoms with Gasteiger partial charge in [-0.25, -0.2) is 4.98 Å². The van der Waals surface area contributed by atoms with Gasteiger partial charge >= 0.3 is 0 Å². The molecule has 2 N–H and O–H groups in total. The fourth-order valence-corrected chi connectivity index (χ4v) is 6.61. The molecule has 3 unspecified atom stereocenters. The Kier molecular flexibility index (Phi) is 4.50. The lowest BCUT2D eigenvalue weighted by molar-refractivity contribution is -0.118. The van der Waals surface area contributed by atoms with E-state index in [0.29, 0.717) is 10.8 Å². The van der Waals surface area contributed by atoms with Crippen molar-refractivity contribution in [2.75, 3.05) is 11.9 Å². The van der Waals surface area contributed by atoms with Crippen molar-refractivity contribution < 1.29 is 4.79 Å². The second kappa shape index (κ2) is 6.40. The van der Waals surface area contributed by atoms with Gasteiger partial charge in [-0.15, -0.1) is 11.6 Å². The van der Waals surface area contributed by atoms with Crippen molar-refractivity contribution in [3.05, 3.63) is 23.5 Å². The Morgan fingerprint density at radius 1 is 1.36 bits per heavy atom. The second-order valence-electron chi connectivity index (χ2n) is 8.55. The Balaban J connectivity index is 1.36. The number of carbonyl (C=O) groups excluding carboxylic acids is 1. The van der Waals surface area contributed by atoms with Crippen molar-refractivity contribution in [3.8, 4) is 0 Å². The molecule has 3 atom stereocenters. The van der Waals surface area contributed by atoms with Crippen LogP contribution in [0.3, 0.4) is 0 Å². The lowest BCUT2D eigenvalue weighted by atomic mass is 9.49. The highest BCUT2D eigenvalue weighted by molar-refractivity contribution is 6.32. The number of carbonyl (C=O) groups is 1. The van der Waals surface area contributed by atoms with Crippen LogP contribution in [0.15, 0.2) is 18.3 Å². The van der Waals surface area contributed by atoms with E-state index in [1.165, 1.54) is 32.1 Å². The van der Waals surface area contributed by atoms with E-state index in [2.05, 4.69) is 15.6 Å². The van der Waals surface area contributed by atoms with Gasteiger partial charge in [-0.3, -0.25) is 4.79 Å². The van der Waals surface area contributed by atoms with E-state index in [1.54, 1.807) is 18.3 Å². The third kappa shape index (κ3) is 3.54. The molecule has 0 aromatic carbocycles. The zero-order valence-electron chi connectivity index (χ0n) is 14.5. The van der Waals surface area contributed by atoms with Gasteiger partial charge in [0, 0.05) is 17.6 Å². The molecular weight excluding hydrogens is 357 g/mol. The van der Waals surface area contributed by atoms with E-state index >= 15 is 0 Å². The van der Waals surface area contributed by atoms with Gasteiger partial charge in [-0.05, 0) is 74.8 Å². The molecule has 4 aliphatic rings. The van der Waals surface area contributed by atoms with Crippen LogP contribution in [-0.4, -0.2) is 28.4 Å². The van der Waals surface area contributed by atoms with Gasteiger partial charge in [0.25, 0.3) is 0 Å². The third-order valence-corrected chi connectivity index (χ3v) is 7.05. The highest BCUT2D eigenvalue weighted by Crippen LogP contribution is 2.63. The molecule has 6 heteroatoms. The van der Waals surface area contributed by atoms with Crippen LogP contribution in [0.2, 0.25) is 5.15 Å². The van der Waals surface area contributed by atoms with E-state index in [9.17, 15) is 4.79 Å². The first kappa shape index (κ1) is 17.6. The van der Waals surface area contributed by atoms with Gasteiger partial charge in [-0.1, -0.05) is 11.6 Å². The maximum Gasteiger partial charge on any atom is 0.241 e. The molecule has 1 amide bonds. The number of nitrogens with zero attached hydrogens (tertiary/aromatic N) is 1. The van der Waals surface area contributed by atoms with E-state index < -0.39 is 0 Å². The Morgan fingerprint density at radius 2 is 2.08 bits per heavy atom. The number of hydrogen-bond donors (Lipinski definition) is 2. The minimum atomic E-state index is -0.282. The van der Waals surface area contributed by atoms with Gasteiger partial charge in [0.05, 0.1) is 11.7 Å². The maximum atomic E-state index is 12.5. The summed E-state index contributed by atoms with van der Waals surface area (Å²) in [6.07, 6.45) is 8.93. The number of rotatable bonds is 5. The average molecular weight is 382 g/mol. The van der Waals surface area contributed by atoms with Gasteiger partial charge in [-0.2, -0.15) is 0 Å². The van der Waals surface area contributed by atoms with Crippen molar-refractivity contribution in [1.29, 1.82) is 0 Å². The summed E-state index contributed by atoms with van der Waals surface area (Å²) in [7, 11) is 0. The van der Waals surface area contributed by atoms with Crippen molar-refractivity contribution in [1.82, 2.24) is 10.3 Å². The van der Waals surface area contributed by atoms with Gasteiger partial charge in [0.2, 0.25) is 5.91 Å². The summed E-state index contributed by atoms with van der Waals surface area (Å²) in [5.41, 5.74) is 0.823. The number of anilines is 1. The standard InChI is InChI=1S/C19H25Cl2N3O/c1-12(17(25)24-15-3-2-4-22-16(15)20)23-11-18-6-13-5-14(7-18)9-19(21,8-13)10-18/h2-4,12-14,23H,5-11H2,1H3,(H,24,25). The molecule has 5 rings (SSSR count). The van der Waals surface area contributed by atoms with E-state index in [0.717, 1.165) is 24.8 Å². The van der Waals surface area contributed by atoms with Crippen LogP contribution in [0, 0.1) is 17.3 Å². The molecule has 0 radical (unpaired) electrons. The molecule has 1 aromatic rings. The molecule has 4 nitrogen and oxygen atoms in total. The first-order chi connectivity index (χ1) is 11.9. The Morgan fingerprint density at radius 3 is 2.72 bits per heavy atom. The third-order valence-electron chi connectivity index (χ3n) is 6.30. The van der Waals surface area contributed by atoms with E-state index in [1.807, 2.05) is 6.92 Å². The molecule has 4 saturated carbocycles. The van der Waals surface area contributed by atoms with Crippen LogP contribution in [0.25, 0.3) is 0 Å². The summed E-state index contributed by atoms with van der Waals surface area (Å²) in [6.45, 7) is 2.76. The highest BCUT2D eigenvalue weighted by atomic mass is 35.5. The number of hydrogen-bond acceptors (Lipinski definition) is 3. The number of amides is 1. The lowest BCUT2D eigenvalue weighted by Gasteiger charge is -2.60. The lowest BCUT2D eigenvalue weighted by Crippen LogP contribution is -2.57. The molecule has 0 saturated heterocycles. The molecule has 4 aliphatic carbocycles. The summed E-state index contributed by atoms with van der Waals surface area (Å²) in [6, 6.07) is 3.24. The quantitative estimate of drug-likeness (QED) is 0.592. The summed E-state index contributed by atoms with van der Waals surface area (Å²) in [4.78, 5) is 16.5. The highest BCUT2D eigenvalue weighted by Gasteiger charge is 2.56. The Labute approximate surface area is 159 Å². The number of aromatic nitrogens is 1. The van der Waals surface area contributed by atoms with Crippen LogP contribution in [0.5, 0.6) is 0 Å². The predicted octanol–water partition coefficient (Wildman–Crippen LogP) is 4.23. The summed E-state index contributed by atoms with van der Waals surface area (Å²) in [5.74, 6) is 1.47. The molecule has 4 fully saturated rings. The average Bonchev–Trinajstić information content (AvgIpc) is 2.52. The van der Waals surface area contributed by atoms with Crippen LogP contribution >= 0.6 is 23.2 Å². The normalized spacial score (nSPS) is 37.1. The largest absolute Gasteiger partial charge is 0.322 e. The fourth-order valence-electron chi connectivity index (χ4n) is 5.73. The molecule has 25 heavy (non-hydrogen) atoms. The number of nitrogens with one attached hydrogen (secondary N) is 2. The number of alkyl halides is 1. The number of halogens is 2. The smallest absolute Gasteiger partial charge is 0.241 e. The molecule has 4 bridgehead atoms. The molecule has 0 aliphatic heterocycles. The molecular formula is C19H25Cl2N3O. The Hall–Kier alpha value is -0.840.